The summed E-state index contributed by atoms with van der Waals surface area (Å²) < 4.78 is 0. The number of nitrogens with zero attached hydrogens (tertiary/aromatic N) is 1. The minimum absolute atomic E-state index is 0.452. The number of aliphatic carboxylic acids is 1. The van der Waals surface area contributed by atoms with E-state index in [-0.39, 0.29) is 0 Å². The number of hydrogen-bond acceptors (Lipinski definition) is 4. The molecular formula is C8H18N4O2. The van der Waals surface area contributed by atoms with Crippen molar-refractivity contribution in [1.82, 2.24) is 10.9 Å². The molecule has 0 aliphatic carbocycles. The number of carboxylic acid groups (broad SMARTS) is 1. The van der Waals surface area contributed by atoms with Crippen molar-refractivity contribution >= 4 is 12.3 Å². The fourth-order valence-corrected chi connectivity index (χ4v) is 0.784. The van der Waals surface area contributed by atoms with Gasteiger partial charge in [0.2, 0.25) is 0 Å². The zero-order valence-electron chi connectivity index (χ0n) is 8.36. The van der Waals surface area contributed by atoms with E-state index in [1.54, 1.807) is 6.34 Å². The molecule has 0 bridgehead atoms. The minimum Gasteiger partial charge on any atom is -0.480 e. The molecule has 0 aromatic carbocycles. The van der Waals surface area contributed by atoms with Crippen LogP contribution in [0, 0.1) is 0 Å². The first-order valence-electron chi connectivity index (χ1n) is 4.63. The SMILES string of the molecule is CCNNC=NCCC[C@H](N)C(=O)O. The van der Waals surface area contributed by atoms with Crippen molar-refractivity contribution in [1.29, 1.82) is 0 Å². The molecular weight excluding hydrogens is 184 g/mol. The van der Waals surface area contributed by atoms with E-state index >= 15 is 0 Å². The second-order valence-corrected chi connectivity index (χ2v) is 2.80. The Balaban J connectivity index is 3.28. The molecule has 0 spiro atoms. The molecule has 5 N–H and O–H groups in total. The third-order valence-corrected chi connectivity index (χ3v) is 1.55. The number of nitrogens with one attached hydrogen (secondary N) is 2. The number of aliphatic imine (C=N–C) groups is 1. The second-order valence-electron chi connectivity index (χ2n) is 2.80. The summed E-state index contributed by atoms with van der Waals surface area (Å²) >= 11 is 0. The lowest BCUT2D eigenvalue weighted by Gasteiger charge is -2.03. The molecule has 6 heteroatoms. The van der Waals surface area contributed by atoms with Crippen molar-refractivity contribution in [3.8, 4) is 0 Å². The van der Waals surface area contributed by atoms with Crippen molar-refractivity contribution in [2.45, 2.75) is 25.8 Å². The van der Waals surface area contributed by atoms with Gasteiger partial charge >= 0.3 is 5.97 Å². The molecule has 0 aliphatic rings. The quantitative estimate of drug-likeness (QED) is 0.181. The van der Waals surface area contributed by atoms with Crippen LogP contribution < -0.4 is 16.6 Å². The number of rotatable bonds is 8. The van der Waals surface area contributed by atoms with Crippen molar-refractivity contribution in [3.63, 3.8) is 0 Å². The summed E-state index contributed by atoms with van der Waals surface area (Å²) in [6.45, 7) is 3.36. The summed E-state index contributed by atoms with van der Waals surface area (Å²) in [5, 5.41) is 8.47. The Bertz CT molecular complexity index is 184. The first-order chi connectivity index (χ1) is 6.68. The third kappa shape index (κ3) is 7.51. The fourth-order valence-electron chi connectivity index (χ4n) is 0.784. The summed E-state index contributed by atoms with van der Waals surface area (Å²) in [4.78, 5) is 14.3. The van der Waals surface area contributed by atoms with Crippen LogP contribution in [0.15, 0.2) is 4.99 Å². The molecule has 0 amide bonds. The van der Waals surface area contributed by atoms with E-state index in [2.05, 4.69) is 15.8 Å². The first-order valence-corrected chi connectivity index (χ1v) is 4.63. The van der Waals surface area contributed by atoms with Gasteiger partial charge in [0.25, 0.3) is 0 Å². The van der Waals surface area contributed by atoms with E-state index < -0.39 is 12.0 Å². The fraction of sp³-hybridized carbons (Fsp3) is 0.750. The average molecular weight is 202 g/mol. The van der Waals surface area contributed by atoms with Crippen molar-refractivity contribution in [2.75, 3.05) is 13.1 Å². The molecule has 0 fully saturated rings. The van der Waals surface area contributed by atoms with Gasteiger partial charge in [-0.1, -0.05) is 6.92 Å². The highest BCUT2D eigenvalue weighted by Gasteiger charge is 2.09. The van der Waals surface area contributed by atoms with Gasteiger partial charge in [0.1, 0.15) is 6.04 Å². The first kappa shape index (κ1) is 12.9. The van der Waals surface area contributed by atoms with Crippen molar-refractivity contribution < 1.29 is 9.90 Å². The van der Waals surface area contributed by atoms with E-state index in [0.717, 1.165) is 6.54 Å². The number of nitrogens with two attached hydrogens (primary N) is 1. The molecule has 14 heavy (non-hydrogen) atoms. The van der Waals surface area contributed by atoms with Crippen LogP contribution in [-0.2, 0) is 4.79 Å². The topological polar surface area (TPSA) is 99.7 Å². The largest absolute Gasteiger partial charge is 0.480 e. The molecule has 0 heterocycles. The normalized spacial score (nSPS) is 13.0. The van der Waals surface area contributed by atoms with Gasteiger partial charge in [-0.15, -0.1) is 0 Å². The van der Waals surface area contributed by atoms with Crippen LogP contribution in [-0.4, -0.2) is 36.5 Å². The van der Waals surface area contributed by atoms with Crippen LogP contribution in [0.3, 0.4) is 0 Å². The number of carbonyl (C=O) groups is 1. The predicted octanol–water partition coefficient (Wildman–Crippen LogP) is -0.679. The molecule has 0 rings (SSSR count). The Kier molecular flexibility index (Phi) is 7.77. The monoisotopic (exact) mass is 202 g/mol. The van der Waals surface area contributed by atoms with Crippen LogP contribution in [0.4, 0.5) is 0 Å². The smallest absolute Gasteiger partial charge is 0.320 e. The minimum atomic E-state index is -0.959. The van der Waals surface area contributed by atoms with Crippen molar-refractivity contribution in [2.24, 2.45) is 10.7 Å². The Hall–Kier alpha value is -1.14. The summed E-state index contributed by atoms with van der Waals surface area (Å²) in [7, 11) is 0. The molecule has 0 saturated carbocycles. The number of hydrogen-bond donors (Lipinski definition) is 4. The molecule has 82 valence electrons. The maximum atomic E-state index is 10.3. The molecule has 0 radical (unpaired) electrons. The van der Waals surface area contributed by atoms with Gasteiger partial charge < -0.3 is 16.3 Å². The zero-order valence-corrected chi connectivity index (χ0v) is 8.36. The number of hydrazine groups is 1. The second kappa shape index (κ2) is 8.46. The summed E-state index contributed by atoms with van der Waals surface area (Å²) in [6.07, 6.45) is 2.68. The van der Waals surface area contributed by atoms with Gasteiger partial charge in [-0.3, -0.25) is 9.79 Å². The molecule has 1 atom stereocenters. The third-order valence-electron chi connectivity index (χ3n) is 1.55. The van der Waals surface area contributed by atoms with Crippen LogP contribution in [0.5, 0.6) is 0 Å². The van der Waals surface area contributed by atoms with E-state index in [4.69, 9.17) is 10.8 Å². The molecule has 0 unspecified atom stereocenters. The van der Waals surface area contributed by atoms with E-state index in [1.165, 1.54) is 0 Å². The van der Waals surface area contributed by atoms with Crippen molar-refractivity contribution in [3.05, 3.63) is 0 Å². The molecule has 6 nitrogen and oxygen atoms in total. The average Bonchev–Trinajstić information content (AvgIpc) is 2.16. The molecule has 0 aliphatic heterocycles. The molecule has 0 aromatic rings. The summed E-state index contributed by atoms with van der Waals surface area (Å²) in [6, 6.07) is -0.771. The van der Waals surface area contributed by atoms with Gasteiger partial charge in [0.05, 0.1) is 6.34 Å². The van der Waals surface area contributed by atoms with Gasteiger partial charge in [-0.05, 0) is 12.8 Å². The Morgan fingerprint density at radius 3 is 3.00 bits per heavy atom. The Morgan fingerprint density at radius 1 is 1.71 bits per heavy atom. The standard InChI is InChI=1S/C8H18N4O2/c1-2-11-12-6-10-5-3-4-7(9)8(13)14/h6-7,11H,2-5,9H2,1H3,(H,10,12)(H,13,14)/t7-/m0/s1. The summed E-state index contributed by atoms with van der Waals surface area (Å²) in [5.74, 6) is -0.959. The molecule has 0 saturated heterocycles. The summed E-state index contributed by atoms with van der Waals surface area (Å²) in [5.41, 5.74) is 10.9. The van der Waals surface area contributed by atoms with Crippen LogP contribution in [0.25, 0.3) is 0 Å². The van der Waals surface area contributed by atoms with Crippen LogP contribution in [0.2, 0.25) is 0 Å². The van der Waals surface area contributed by atoms with E-state index in [0.29, 0.717) is 19.4 Å². The highest BCUT2D eigenvalue weighted by molar-refractivity contribution is 5.72. The highest BCUT2D eigenvalue weighted by atomic mass is 16.4. The van der Waals surface area contributed by atoms with Gasteiger partial charge in [-0.2, -0.15) is 0 Å². The molecule has 0 aromatic heterocycles. The lowest BCUT2D eigenvalue weighted by atomic mass is 10.2. The van der Waals surface area contributed by atoms with Gasteiger partial charge in [0, 0.05) is 13.1 Å². The lowest BCUT2D eigenvalue weighted by molar-refractivity contribution is -0.138. The maximum absolute atomic E-state index is 10.3. The maximum Gasteiger partial charge on any atom is 0.320 e. The van der Waals surface area contributed by atoms with Gasteiger partial charge in [-0.25, -0.2) is 5.43 Å². The van der Waals surface area contributed by atoms with E-state index in [1.807, 2.05) is 6.92 Å². The van der Waals surface area contributed by atoms with Crippen LogP contribution in [0.1, 0.15) is 19.8 Å². The predicted molar refractivity (Wildman–Crippen MR) is 55.0 cm³/mol. The van der Waals surface area contributed by atoms with Gasteiger partial charge in [0.15, 0.2) is 0 Å². The van der Waals surface area contributed by atoms with Crippen LogP contribution >= 0.6 is 0 Å². The Morgan fingerprint density at radius 2 is 2.43 bits per heavy atom. The Labute approximate surface area is 83.6 Å². The zero-order chi connectivity index (χ0) is 10.8. The number of carboxylic acids is 1. The lowest BCUT2D eigenvalue weighted by Crippen LogP contribution is -2.30. The van der Waals surface area contributed by atoms with E-state index in [9.17, 15) is 4.79 Å². The highest BCUT2D eigenvalue weighted by Crippen LogP contribution is 1.94.